The lowest BCUT2D eigenvalue weighted by atomic mass is 9.90. The lowest BCUT2D eigenvalue weighted by molar-refractivity contribution is 0.184. The van der Waals surface area contributed by atoms with Gasteiger partial charge in [-0.1, -0.05) is 13.0 Å². The van der Waals surface area contributed by atoms with Crippen molar-refractivity contribution < 1.29 is 13.2 Å². The highest BCUT2D eigenvalue weighted by Gasteiger charge is 2.27. The van der Waals surface area contributed by atoms with Crippen molar-refractivity contribution in [3.05, 3.63) is 65.4 Å². The normalized spacial score (nSPS) is 18.1. The van der Waals surface area contributed by atoms with Gasteiger partial charge in [-0.2, -0.15) is 5.10 Å². The third kappa shape index (κ3) is 3.67. The van der Waals surface area contributed by atoms with E-state index in [1.165, 1.54) is 24.4 Å². The smallest absolute Gasteiger partial charge is 0.134 e. The number of rotatable bonds is 5. The summed E-state index contributed by atoms with van der Waals surface area (Å²) < 4.78 is 34.3. The van der Waals surface area contributed by atoms with E-state index in [1.807, 2.05) is 12.1 Å². The zero-order chi connectivity index (χ0) is 18.8. The molecule has 0 bridgehead atoms. The van der Waals surface area contributed by atoms with Crippen LogP contribution in [-0.4, -0.2) is 28.2 Å². The fourth-order valence-electron chi connectivity index (χ4n) is 3.91. The molecule has 1 fully saturated rings. The molecule has 1 atom stereocenters. The predicted octanol–water partition coefficient (Wildman–Crippen LogP) is 4.89. The Morgan fingerprint density at radius 1 is 1.19 bits per heavy atom. The molecule has 0 unspecified atom stereocenters. The van der Waals surface area contributed by atoms with E-state index in [9.17, 15) is 8.78 Å². The van der Waals surface area contributed by atoms with E-state index in [0.717, 1.165) is 56.1 Å². The van der Waals surface area contributed by atoms with Gasteiger partial charge in [-0.3, -0.25) is 10.00 Å². The van der Waals surface area contributed by atoms with Crippen LogP contribution in [0.3, 0.4) is 0 Å². The second-order valence-electron chi connectivity index (χ2n) is 7.09. The monoisotopic (exact) mass is 371 g/mol. The maximum Gasteiger partial charge on any atom is 0.134 e. The van der Waals surface area contributed by atoms with Gasteiger partial charge in [0.05, 0.1) is 18.3 Å². The van der Waals surface area contributed by atoms with Crippen LogP contribution >= 0.6 is 0 Å². The van der Waals surface area contributed by atoms with Crippen LogP contribution in [0.5, 0.6) is 0 Å². The van der Waals surface area contributed by atoms with Gasteiger partial charge in [0.25, 0.3) is 0 Å². The molecule has 1 aliphatic rings. The first-order valence-corrected chi connectivity index (χ1v) is 9.43. The van der Waals surface area contributed by atoms with Gasteiger partial charge >= 0.3 is 0 Å². The van der Waals surface area contributed by atoms with E-state index in [0.29, 0.717) is 5.56 Å². The summed E-state index contributed by atoms with van der Waals surface area (Å²) in [6, 6.07) is 7.99. The fourth-order valence-corrected chi connectivity index (χ4v) is 3.91. The summed E-state index contributed by atoms with van der Waals surface area (Å²) >= 11 is 0. The Morgan fingerprint density at radius 3 is 2.70 bits per heavy atom. The van der Waals surface area contributed by atoms with Crippen molar-refractivity contribution >= 4 is 0 Å². The summed E-state index contributed by atoms with van der Waals surface area (Å²) in [5.41, 5.74) is 1.32. The number of aryl methyl sites for hydroxylation is 1. The van der Waals surface area contributed by atoms with Crippen LogP contribution in [-0.2, 0) is 13.0 Å². The van der Waals surface area contributed by atoms with Crippen molar-refractivity contribution in [1.82, 2.24) is 15.1 Å². The lowest BCUT2D eigenvalue weighted by Gasteiger charge is -2.32. The van der Waals surface area contributed by atoms with Gasteiger partial charge in [-0.05, 0) is 43.7 Å². The summed E-state index contributed by atoms with van der Waals surface area (Å²) in [6.45, 7) is 4.60. The zero-order valence-corrected chi connectivity index (χ0v) is 15.3. The Labute approximate surface area is 157 Å². The zero-order valence-electron chi connectivity index (χ0n) is 15.3. The summed E-state index contributed by atoms with van der Waals surface area (Å²) in [6.07, 6.45) is 4.38. The standard InChI is InChI=1S/C21H23F2N3O/c1-2-15-8-9-16(27-15)13-26-10-4-5-14(12-26)21-17(11-24-25-21)20-18(22)6-3-7-19(20)23/h3,6-9,11,14H,2,4-5,10,12-13H2,1H3,(H,24,25)/t14-/m1/s1. The molecular weight excluding hydrogens is 348 g/mol. The Hall–Kier alpha value is -2.47. The molecule has 0 spiro atoms. The average Bonchev–Trinajstić information content (AvgIpc) is 3.31. The van der Waals surface area contributed by atoms with E-state index in [-0.39, 0.29) is 11.5 Å². The number of nitrogens with one attached hydrogen (secondary N) is 1. The fraction of sp³-hybridized carbons (Fsp3) is 0.381. The van der Waals surface area contributed by atoms with E-state index < -0.39 is 11.6 Å². The van der Waals surface area contributed by atoms with Crippen LogP contribution in [0.25, 0.3) is 11.1 Å². The van der Waals surface area contributed by atoms with Crippen molar-refractivity contribution in [2.24, 2.45) is 0 Å². The van der Waals surface area contributed by atoms with Crippen molar-refractivity contribution in [3.8, 4) is 11.1 Å². The molecule has 4 rings (SSSR count). The summed E-state index contributed by atoms with van der Waals surface area (Å²) in [5, 5.41) is 7.08. The third-order valence-electron chi connectivity index (χ3n) is 5.26. The first-order valence-electron chi connectivity index (χ1n) is 9.43. The first kappa shape index (κ1) is 17.9. The van der Waals surface area contributed by atoms with E-state index in [2.05, 4.69) is 22.0 Å². The highest BCUT2D eigenvalue weighted by atomic mass is 19.1. The maximum absolute atomic E-state index is 14.3. The SMILES string of the molecule is CCc1ccc(CN2CCC[C@@H](c3[nH]ncc3-c3c(F)cccc3F)C2)o1. The minimum absolute atomic E-state index is 0.00278. The number of nitrogens with zero attached hydrogens (tertiary/aromatic N) is 2. The average molecular weight is 371 g/mol. The molecule has 3 heterocycles. The minimum atomic E-state index is -0.562. The van der Waals surface area contributed by atoms with E-state index in [1.54, 1.807) is 0 Å². The number of aromatic amines is 1. The maximum atomic E-state index is 14.3. The third-order valence-corrected chi connectivity index (χ3v) is 5.26. The second kappa shape index (κ2) is 7.64. The second-order valence-corrected chi connectivity index (χ2v) is 7.09. The van der Waals surface area contributed by atoms with Gasteiger partial charge in [0, 0.05) is 30.1 Å². The molecule has 1 saturated heterocycles. The summed E-state index contributed by atoms with van der Waals surface area (Å²) in [4.78, 5) is 2.33. The van der Waals surface area contributed by atoms with Crippen LogP contribution in [0.1, 0.15) is 42.9 Å². The molecule has 0 saturated carbocycles. The molecule has 1 aliphatic heterocycles. The molecule has 27 heavy (non-hydrogen) atoms. The number of hydrogen-bond donors (Lipinski definition) is 1. The Bertz CT molecular complexity index is 898. The highest BCUT2D eigenvalue weighted by molar-refractivity contribution is 5.67. The van der Waals surface area contributed by atoms with Gasteiger partial charge < -0.3 is 4.42 Å². The number of benzene rings is 1. The molecule has 1 aromatic carbocycles. The number of aromatic nitrogens is 2. The lowest BCUT2D eigenvalue weighted by Crippen LogP contribution is -2.34. The van der Waals surface area contributed by atoms with Gasteiger partial charge in [-0.25, -0.2) is 8.78 Å². The summed E-state index contributed by atoms with van der Waals surface area (Å²) in [7, 11) is 0. The topological polar surface area (TPSA) is 45.1 Å². The number of hydrogen-bond acceptors (Lipinski definition) is 3. The van der Waals surface area contributed by atoms with Crippen molar-refractivity contribution in [3.63, 3.8) is 0 Å². The van der Waals surface area contributed by atoms with Crippen LogP contribution < -0.4 is 0 Å². The quantitative estimate of drug-likeness (QED) is 0.694. The summed E-state index contributed by atoms with van der Waals surface area (Å²) in [5.74, 6) is 0.971. The Kier molecular flexibility index (Phi) is 5.07. The Morgan fingerprint density at radius 2 is 1.96 bits per heavy atom. The predicted molar refractivity (Wildman–Crippen MR) is 99.3 cm³/mol. The molecule has 4 nitrogen and oxygen atoms in total. The van der Waals surface area contributed by atoms with Crippen LogP contribution in [0, 0.1) is 11.6 Å². The first-order chi connectivity index (χ1) is 13.2. The molecule has 3 aromatic rings. The number of H-pyrrole nitrogens is 1. The van der Waals surface area contributed by atoms with Crippen LogP contribution in [0.15, 0.2) is 40.9 Å². The number of likely N-dealkylation sites (tertiary alicyclic amines) is 1. The van der Waals surface area contributed by atoms with E-state index >= 15 is 0 Å². The molecule has 6 heteroatoms. The minimum Gasteiger partial charge on any atom is -0.465 e. The largest absolute Gasteiger partial charge is 0.465 e. The number of furan rings is 1. The van der Waals surface area contributed by atoms with Crippen molar-refractivity contribution in [1.29, 1.82) is 0 Å². The van der Waals surface area contributed by atoms with Crippen molar-refractivity contribution in [2.75, 3.05) is 13.1 Å². The highest BCUT2D eigenvalue weighted by Crippen LogP contribution is 2.35. The number of piperidine rings is 1. The molecule has 142 valence electrons. The molecule has 2 aromatic heterocycles. The Balaban J connectivity index is 1.55. The van der Waals surface area contributed by atoms with Gasteiger partial charge in [0.1, 0.15) is 23.2 Å². The van der Waals surface area contributed by atoms with Gasteiger partial charge in [0.2, 0.25) is 0 Å². The molecule has 0 aliphatic carbocycles. The van der Waals surface area contributed by atoms with Gasteiger partial charge in [0.15, 0.2) is 0 Å². The van der Waals surface area contributed by atoms with Crippen LogP contribution in [0.4, 0.5) is 8.78 Å². The molecule has 0 radical (unpaired) electrons. The van der Waals surface area contributed by atoms with Crippen molar-refractivity contribution in [2.45, 2.75) is 38.6 Å². The molecular formula is C21H23F2N3O. The molecule has 0 amide bonds. The molecule has 1 N–H and O–H groups in total. The number of halogens is 2. The van der Waals surface area contributed by atoms with Crippen LogP contribution in [0.2, 0.25) is 0 Å². The van der Waals surface area contributed by atoms with Gasteiger partial charge in [-0.15, -0.1) is 0 Å². The van der Waals surface area contributed by atoms with E-state index in [4.69, 9.17) is 4.42 Å².